The Morgan fingerprint density at radius 3 is 2.64 bits per heavy atom. The second kappa shape index (κ2) is 3.64. The molecule has 0 aromatic heterocycles. The van der Waals surface area contributed by atoms with Gasteiger partial charge in [0.05, 0.1) is 11.8 Å². The van der Waals surface area contributed by atoms with Gasteiger partial charge >= 0.3 is 10.1 Å². The summed E-state index contributed by atoms with van der Waals surface area (Å²) in [5.74, 6) is -0.793. The number of rotatable bonds is 2. The SMILES string of the molecule is CS(=O)(=O)Oc1ccc(F)cc1C#N. The summed E-state index contributed by atoms with van der Waals surface area (Å²) >= 11 is 0. The topological polar surface area (TPSA) is 67.2 Å². The third-order valence-electron chi connectivity index (χ3n) is 1.30. The molecule has 0 amide bonds. The van der Waals surface area contributed by atoms with Crippen molar-refractivity contribution in [2.75, 3.05) is 6.26 Å². The van der Waals surface area contributed by atoms with E-state index in [1.54, 1.807) is 6.07 Å². The fraction of sp³-hybridized carbons (Fsp3) is 0.125. The lowest BCUT2D eigenvalue weighted by Crippen LogP contribution is -2.06. The molecule has 6 heteroatoms. The van der Waals surface area contributed by atoms with Gasteiger partial charge in [0.25, 0.3) is 0 Å². The maximum Gasteiger partial charge on any atom is 0.306 e. The van der Waals surface area contributed by atoms with Crippen LogP contribution in [0.25, 0.3) is 0 Å². The van der Waals surface area contributed by atoms with E-state index >= 15 is 0 Å². The van der Waals surface area contributed by atoms with Crippen LogP contribution in [0.15, 0.2) is 18.2 Å². The Bertz CT molecular complexity index is 490. The first-order chi connectivity index (χ1) is 6.42. The van der Waals surface area contributed by atoms with Crippen LogP contribution < -0.4 is 4.18 Å². The fourth-order valence-corrected chi connectivity index (χ4v) is 1.30. The Morgan fingerprint density at radius 1 is 1.50 bits per heavy atom. The number of benzene rings is 1. The minimum atomic E-state index is -3.70. The van der Waals surface area contributed by atoms with E-state index < -0.39 is 15.9 Å². The third-order valence-corrected chi connectivity index (χ3v) is 1.79. The van der Waals surface area contributed by atoms with Gasteiger partial charge in [-0.05, 0) is 18.2 Å². The van der Waals surface area contributed by atoms with Crippen LogP contribution in [0.4, 0.5) is 4.39 Å². The maximum absolute atomic E-state index is 12.6. The van der Waals surface area contributed by atoms with E-state index in [0.717, 1.165) is 24.5 Å². The van der Waals surface area contributed by atoms with Crippen LogP contribution in [0.3, 0.4) is 0 Å². The zero-order chi connectivity index (χ0) is 10.8. The zero-order valence-electron chi connectivity index (χ0n) is 7.19. The molecule has 74 valence electrons. The van der Waals surface area contributed by atoms with Gasteiger partial charge < -0.3 is 4.18 Å². The van der Waals surface area contributed by atoms with Crippen LogP contribution in [-0.2, 0) is 10.1 Å². The lowest BCUT2D eigenvalue weighted by molar-refractivity contribution is 0.491. The number of hydrogen-bond acceptors (Lipinski definition) is 4. The number of halogens is 1. The summed E-state index contributed by atoms with van der Waals surface area (Å²) in [4.78, 5) is 0. The number of hydrogen-bond donors (Lipinski definition) is 0. The predicted molar refractivity (Wildman–Crippen MR) is 46.6 cm³/mol. The number of nitrogens with zero attached hydrogens (tertiary/aromatic N) is 1. The van der Waals surface area contributed by atoms with Crippen molar-refractivity contribution in [2.45, 2.75) is 0 Å². The molecular formula is C8H6FNO3S. The molecule has 0 aliphatic rings. The minimum Gasteiger partial charge on any atom is -0.381 e. The zero-order valence-corrected chi connectivity index (χ0v) is 8.01. The van der Waals surface area contributed by atoms with Gasteiger partial charge in [0, 0.05) is 0 Å². The van der Waals surface area contributed by atoms with Crippen LogP contribution >= 0.6 is 0 Å². The highest BCUT2D eigenvalue weighted by molar-refractivity contribution is 7.86. The first kappa shape index (κ1) is 10.5. The Hall–Kier alpha value is -1.61. The second-order valence-corrected chi connectivity index (χ2v) is 4.11. The molecule has 0 fully saturated rings. The van der Waals surface area contributed by atoms with Gasteiger partial charge in [0.1, 0.15) is 11.9 Å². The van der Waals surface area contributed by atoms with E-state index in [4.69, 9.17) is 5.26 Å². The Morgan fingerprint density at radius 2 is 2.14 bits per heavy atom. The van der Waals surface area contributed by atoms with Crippen LogP contribution in [0.5, 0.6) is 5.75 Å². The third kappa shape index (κ3) is 2.71. The normalized spacial score (nSPS) is 10.6. The van der Waals surface area contributed by atoms with Crippen molar-refractivity contribution in [2.24, 2.45) is 0 Å². The summed E-state index contributed by atoms with van der Waals surface area (Å²) in [6.45, 7) is 0. The van der Waals surface area contributed by atoms with Gasteiger partial charge in [-0.15, -0.1) is 0 Å². The van der Waals surface area contributed by atoms with Crippen molar-refractivity contribution in [1.82, 2.24) is 0 Å². The highest BCUT2D eigenvalue weighted by Crippen LogP contribution is 2.19. The van der Waals surface area contributed by atoms with Crippen molar-refractivity contribution < 1.29 is 17.0 Å². The first-order valence-electron chi connectivity index (χ1n) is 3.51. The summed E-state index contributed by atoms with van der Waals surface area (Å²) in [6, 6.07) is 4.64. The van der Waals surface area contributed by atoms with E-state index in [0.29, 0.717) is 0 Å². The van der Waals surface area contributed by atoms with Crippen LogP contribution in [0.2, 0.25) is 0 Å². The average molecular weight is 215 g/mol. The van der Waals surface area contributed by atoms with Crippen molar-refractivity contribution in [1.29, 1.82) is 5.26 Å². The molecule has 0 radical (unpaired) electrons. The molecular weight excluding hydrogens is 209 g/mol. The molecule has 0 aliphatic carbocycles. The van der Waals surface area contributed by atoms with Crippen molar-refractivity contribution in [3.05, 3.63) is 29.6 Å². The largest absolute Gasteiger partial charge is 0.381 e. The summed E-state index contributed by atoms with van der Waals surface area (Å²) in [7, 11) is -3.70. The first-order valence-corrected chi connectivity index (χ1v) is 5.33. The van der Waals surface area contributed by atoms with E-state index in [1.807, 2.05) is 0 Å². The highest BCUT2D eigenvalue weighted by Gasteiger charge is 2.10. The quantitative estimate of drug-likeness (QED) is 0.691. The molecule has 1 aromatic carbocycles. The Kier molecular flexibility index (Phi) is 2.72. The lowest BCUT2D eigenvalue weighted by atomic mass is 10.2. The van der Waals surface area contributed by atoms with Gasteiger partial charge in [-0.25, -0.2) is 4.39 Å². The molecule has 1 rings (SSSR count). The molecule has 0 unspecified atom stereocenters. The van der Waals surface area contributed by atoms with E-state index in [2.05, 4.69) is 4.18 Å². The molecule has 0 N–H and O–H groups in total. The Labute approximate surface area is 80.7 Å². The molecule has 14 heavy (non-hydrogen) atoms. The molecule has 0 saturated heterocycles. The van der Waals surface area contributed by atoms with Crippen LogP contribution in [-0.4, -0.2) is 14.7 Å². The van der Waals surface area contributed by atoms with E-state index in [9.17, 15) is 12.8 Å². The highest BCUT2D eigenvalue weighted by atomic mass is 32.2. The molecule has 0 bridgehead atoms. The second-order valence-electron chi connectivity index (χ2n) is 2.54. The molecule has 4 nitrogen and oxygen atoms in total. The molecule has 0 atom stereocenters. The van der Waals surface area contributed by atoms with Crippen LogP contribution in [0, 0.1) is 17.1 Å². The van der Waals surface area contributed by atoms with Gasteiger partial charge in [-0.3, -0.25) is 0 Å². The summed E-state index contributed by atoms with van der Waals surface area (Å²) in [6.07, 6.45) is 0.845. The Balaban J connectivity index is 3.17. The van der Waals surface area contributed by atoms with Crippen molar-refractivity contribution in [3.63, 3.8) is 0 Å². The van der Waals surface area contributed by atoms with Gasteiger partial charge in [0.2, 0.25) is 0 Å². The molecule has 1 aromatic rings. The minimum absolute atomic E-state index is 0.157. The predicted octanol–water partition coefficient (Wildman–Crippen LogP) is 1.04. The smallest absolute Gasteiger partial charge is 0.306 e. The molecule has 0 saturated carbocycles. The summed E-state index contributed by atoms with van der Waals surface area (Å²) in [5.41, 5.74) is -0.157. The van der Waals surface area contributed by atoms with Crippen molar-refractivity contribution in [3.8, 4) is 11.8 Å². The molecule has 0 heterocycles. The van der Waals surface area contributed by atoms with Gasteiger partial charge in [-0.2, -0.15) is 13.7 Å². The lowest BCUT2D eigenvalue weighted by Gasteiger charge is -2.03. The van der Waals surface area contributed by atoms with Gasteiger partial charge in [-0.1, -0.05) is 0 Å². The fourth-order valence-electron chi connectivity index (χ4n) is 0.825. The molecule has 0 aliphatic heterocycles. The van der Waals surface area contributed by atoms with E-state index in [1.165, 1.54) is 0 Å². The van der Waals surface area contributed by atoms with Crippen molar-refractivity contribution >= 4 is 10.1 Å². The standard InChI is InChI=1S/C8H6FNO3S/c1-14(11,12)13-8-3-2-7(9)4-6(8)5-10/h2-4H,1H3. The van der Waals surface area contributed by atoms with E-state index in [-0.39, 0.29) is 11.3 Å². The number of nitriles is 1. The van der Waals surface area contributed by atoms with Crippen LogP contribution in [0.1, 0.15) is 5.56 Å². The summed E-state index contributed by atoms with van der Waals surface area (Å²) < 4.78 is 38.5. The van der Waals surface area contributed by atoms with Gasteiger partial charge in [0.15, 0.2) is 5.75 Å². The monoisotopic (exact) mass is 215 g/mol. The maximum atomic E-state index is 12.6. The molecule has 0 spiro atoms. The average Bonchev–Trinajstić information content (AvgIpc) is 2.06. The summed E-state index contributed by atoms with van der Waals surface area (Å²) in [5, 5.41) is 8.55.